The highest BCUT2D eigenvalue weighted by atomic mass is 35.5. The highest BCUT2D eigenvalue weighted by Crippen LogP contribution is 2.08. The van der Waals surface area contributed by atoms with Gasteiger partial charge >= 0.3 is 0 Å². The van der Waals surface area contributed by atoms with Gasteiger partial charge in [0, 0.05) is 6.61 Å². The van der Waals surface area contributed by atoms with Crippen molar-refractivity contribution in [1.82, 2.24) is 0 Å². The summed E-state index contributed by atoms with van der Waals surface area (Å²) < 4.78 is 5.10. The second-order valence-corrected chi connectivity index (χ2v) is 5.44. The molecule has 0 bridgehead atoms. The Bertz CT molecular complexity index is 269. The molecular weight excluding hydrogens is 280 g/mol. The van der Waals surface area contributed by atoms with E-state index < -0.39 is 0 Å². The number of hydrogen-bond acceptors (Lipinski definition) is 1. The highest BCUT2D eigenvalue weighted by molar-refractivity contribution is 6.17. The first-order valence-corrected chi connectivity index (χ1v) is 9.04. The molecule has 0 aromatic rings. The maximum atomic E-state index is 5.44. The predicted molar refractivity (Wildman–Crippen MR) is 95.9 cm³/mol. The third-order valence-electron chi connectivity index (χ3n) is 3.27. The zero-order valence-corrected chi connectivity index (χ0v) is 14.5. The average molecular weight is 313 g/mol. The van der Waals surface area contributed by atoms with E-state index in [4.69, 9.17) is 16.3 Å². The third kappa shape index (κ3) is 19.5. The van der Waals surface area contributed by atoms with Crippen LogP contribution in [0.15, 0.2) is 36.5 Å². The van der Waals surface area contributed by atoms with Crippen molar-refractivity contribution in [3.05, 3.63) is 36.5 Å². The van der Waals surface area contributed by atoms with Crippen LogP contribution in [0.4, 0.5) is 0 Å². The lowest BCUT2D eigenvalue weighted by molar-refractivity contribution is 0.173. The molecule has 0 fully saturated rings. The zero-order valence-electron chi connectivity index (χ0n) is 13.7. The second kappa shape index (κ2) is 19.5. The van der Waals surface area contributed by atoms with Gasteiger partial charge in [-0.05, 0) is 38.5 Å². The van der Waals surface area contributed by atoms with Gasteiger partial charge in [-0.3, -0.25) is 0 Å². The van der Waals surface area contributed by atoms with Crippen LogP contribution in [0.25, 0.3) is 0 Å². The predicted octanol–water partition coefficient (Wildman–Crippen LogP) is 6.79. The molecule has 0 N–H and O–H groups in total. The smallest absolute Gasteiger partial charge is 0.120 e. The van der Waals surface area contributed by atoms with E-state index in [9.17, 15) is 0 Å². The van der Waals surface area contributed by atoms with E-state index in [1.807, 2.05) is 0 Å². The van der Waals surface area contributed by atoms with Gasteiger partial charge in [0.05, 0.1) is 0 Å². The summed E-state index contributed by atoms with van der Waals surface area (Å²) in [6, 6.07) is 0.330. The van der Waals surface area contributed by atoms with Gasteiger partial charge in [0.15, 0.2) is 0 Å². The maximum Gasteiger partial charge on any atom is 0.120 e. The van der Waals surface area contributed by atoms with Crippen molar-refractivity contribution in [2.45, 2.75) is 71.1 Å². The Kier molecular flexibility index (Phi) is 19.0. The summed E-state index contributed by atoms with van der Waals surface area (Å²) in [5.74, 6) is 0. The van der Waals surface area contributed by atoms with E-state index in [0.717, 1.165) is 32.3 Å². The van der Waals surface area contributed by atoms with Crippen LogP contribution in [0.3, 0.4) is 0 Å². The standard InChI is InChI=1S/C19H33ClO/c1-2-3-4-5-6-7-8-9-10-11-12-13-14-15-16-17-18-21-19-20/h3-4,6-7,9-10H,2,5,8,11-19H2,1H3/b4-3-,7-6-,10-9-. The van der Waals surface area contributed by atoms with Gasteiger partial charge in [-0.2, -0.15) is 0 Å². The van der Waals surface area contributed by atoms with Crippen LogP contribution >= 0.6 is 11.6 Å². The molecule has 0 radical (unpaired) electrons. The SMILES string of the molecule is CC/C=C\C/C=C\C/C=C\CCCCCCCCOCCl. The van der Waals surface area contributed by atoms with Gasteiger partial charge in [-0.1, -0.05) is 80.7 Å². The number of ether oxygens (including phenoxy) is 1. The number of hydrogen-bond donors (Lipinski definition) is 0. The topological polar surface area (TPSA) is 9.23 Å². The quantitative estimate of drug-likeness (QED) is 0.184. The molecule has 0 aliphatic heterocycles. The number of halogens is 1. The molecule has 0 saturated heterocycles. The number of alkyl halides is 1. The number of rotatable bonds is 15. The Morgan fingerprint density at radius 2 is 1.29 bits per heavy atom. The van der Waals surface area contributed by atoms with Crippen molar-refractivity contribution in [1.29, 1.82) is 0 Å². The molecular formula is C19H33ClO. The molecule has 0 rings (SSSR count). The van der Waals surface area contributed by atoms with Crippen molar-refractivity contribution in [2.24, 2.45) is 0 Å². The van der Waals surface area contributed by atoms with Crippen LogP contribution in [0.5, 0.6) is 0 Å². The summed E-state index contributed by atoms with van der Waals surface area (Å²) in [4.78, 5) is 0. The Hall–Kier alpha value is -0.530. The van der Waals surface area contributed by atoms with Crippen molar-refractivity contribution in [3.63, 3.8) is 0 Å². The molecule has 2 heteroatoms. The largest absolute Gasteiger partial charge is 0.366 e. The summed E-state index contributed by atoms with van der Waals surface area (Å²) in [5.41, 5.74) is 0. The van der Waals surface area contributed by atoms with Crippen LogP contribution < -0.4 is 0 Å². The van der Waals surface area contributed by atoms with Crippen LogP contribution in [0.2, 0.25) is 0 Å². The van der Waals surface area contributed by atoms with Gasteiger partial charge in [-0.25, -0.2) is 0 Å². The second-order valence-electron chi connectivity index (χ2n) is 5.22. The van der Waals surface area contributed by atoms with E-state index in [1.54, 1.807) is 0 Å². The van der Waals surface area contributed by atoms with Gasteiger partial charge in [0.1, 0.15) is 6.07 Å². The van der Waals surface area contributed by atoms with Crippen molar-refractivity contribution in [3.8, 4) is 0 Å². The molecule has 0 atom stereocenters. The van der Waals surface area contributed by atoms with Gasteiger partial charge < -0.3 is 4.74 Å². The number of unbranched alkanes of at least 4 members (excludes halogenated alkanes) is 6. The summed E-state index contributed by atoms with van der Waals surface area (Å²) in [6.45, 7) is 2.98. The first-order valence-electron chi connectivity index (χ1n) is 8.50. The molecule has 0 amide bonds. The Morgan fingerprint density at radius 3 is 1.95 bits per heavy atom. The minimum atomic E-state index is 0.330. The Balaban J connectivity index is 3.16. The fourth-order valence-electron chi connectivity index (χ4n) is 2.05. The summed E-state index contributed by atoms with van der Waals surface area (Å²) in [5, 5.41) is 0. The van der Waals surface area contributed by atoms with E-state index in [2.05, 4.69) is 43.4 Å². The van der Waals surface area contributed by atoms with Crippen LogP contribution in [-0.2, 0) is 4.74 Å². The van der Waals surface area contributed by atoms with Gasteiger partial charge in [0.2, 0.25) is 0 Å². The third-order valence-corrected chi connectivity index (χ3v) is 3.42. The molecule has 122 valence electrons. The van der Waals surface area contributed by atoms with Crippen molar-refractivity contribution >= 4 is 11.6 Å². The molecule has 0 heterocycles. The zero-order chi connectivity index (χ0) is 15.4. The fourth-order valence-corrected chi connectivity index (χ4v) is 2.16. The van der Waals surface area contributed by atoms with Crippen molar-refractivity contribution in [2.75, 3.05) is 12.7 Å². The van der Waals surface area contributed by atoms with E-state index in [1.165, 1.54) is 38.5 Å². The first kappa shape index (κ1) is 20.5. The Labute approximate surface area is 137 Å². The van der Waals surface area contributed by atoms with Gasteiger partial charge in [-0.15, -0.1) is 0 Å². The summed E-state index contributed by atoms with van der Waals surface area (Å²) in [6.07, 6.45) is 25.8. The lowest BCUT2D eigenvalue weighted by Gasteiger charge is -2.01. The molecule has 0 spiro atoms. The lowest BCUT2D eigenvalue weighted by atomic mass is 10.1. The molecule has 0 aliphatic rings. The summed E-state index contributed by atoms with van der Waals surface area (Å²) in [7, 11) is 0. The fraction of sp³-hybridized carbons (Fsp3) is 0.684. The molecule has 0 aliphatic carbocycles. The highest BCUT2D eigenvalue weighted by Gasteiger charge is 1.91. The lowest BCUT2D eigenvalue weighted by Crippen LogP contribution is -1.91. The maximum absolute atomic E-state index is 5.44. The van der Waals surface area contributed by atoms with Crippen molar-refractivity contribution < 1.29 is 4.74 Å². The van der Waals surface area contributed by atoms with Crippen LogP contribution in [0.1, 0.15) is 71.1 Å². The van der Waals surface area contributed by atoms with Crippen LogP contribution in [0, 0.1) is 0 Å². The molecule has 0 unspecified atom stereocenters. The van der Waals surface area contributed by atoms with Gasteiger partial charge in [0.25, 0.3) is 0 Å². The molecule has 0 aromatic carbocycles. The van der Waals surface area contributed by atoms with Crippen LogP contribution in [-0.4, -0.2) is 12.7 Å². The number of allylic oxidation sites excluding steroid dienone is 6. The normalized spacial score (nSPS) is 12.3. The average Bonchev–Trinajstić information content (AvgIpc) is 2.50. The molecule has 0 aromatic heterocycles. The van der Waals surface area contributed by atoms with E-state index in [0.29, 0.717) is 6.07 Å². The molecule has 0 saturated carbocycles. The van der Waals surface area contributed by atoms with E-state index in [-0.39, 0.29) is 0 Å². The minimum absolute atomic E-state index is 0.330. The molecule has 21 heavy (non-hydrogen) atoms. The first-order chi connectivity index (χ1) is 10.4. The Morgan fingerprint density at radius 1 is 0.714 bits per heavy atom. The minimum Gasteiger partial charge on any atom is -0.366 e. The summed E-state index contributed by atoms with van der Waals surface area (Å²) >= 11 is 5.44. The molecule has 1 nitrogen and oxygen atoms in total. The van der Waals surface area contributed by atoms with E-state index >= 15 is 0 Å². The monoisotopic (exact) mass is 312 g/mol.